The molecule has 0 unspecified atom stereocenters. The Morgan fingerprint density at radius 3 is 2.41 bits per heavy atom. The van der Waals surface area contributed by atoms with E-state index in [1.165, 1.54) is 18.2 Å². The molecule has 1 aromatic heterocycles. The van der Waals surface area contributed by atoms with Gasteiger partial charge in [0.05, 0.1) is 10.4 Å². The van der Waals surface area contributed by atoms with Crippen LogP contribution < -0.4 is 0 Å². The Morgan fingerprint density at radius 1 is 1.18 bits per heavy atom. The number of Topliss-reactive ketones (excluding diaryl/α,β-unsaturated/α-hetero) is 1. The van der Waals surface area contributed by atoms with Gasteiger partial charge in [-0.25, -0.2) is 8.78 Å². The maximum Gasteiger partial charge on any atom is 0.172 e. The van der Waals surface area contributed by atoms with Crippen LogP contribution in [-0.4, -0.2) is 5.78 Å². The quantitative estimate of drug-likeness (QED) is 0.745. The van der Waals surface area contributed by atoms with Crippen LogP contribution >= 0.6 is 11.3 Å². The highest BCUT2D eigenvalue weighted by Crippen LogP contribution is 2.32. The van der Waals surface area contributed by atoms with Gasteiger partial charge in [-0.3, -0.25) is 4.79 Å². The summed E-state index contributed by atoms with van der Waals surface area (Å²) in [6.07, 6.45) is 0.389. The Balaban J connectivity index is 2.47. The van der Waals surface area contributed by atoms with E-state index in [2.05, 4.69) is 0 Å². The molecule has 0 atom stereocenters. The summed E-state index contributed by atoms with van der Waals surface area (Å²) < 4.78 is 27.0. The molecule has 0 saturated carbocycles. The molecular formula is C13H10F2OS. The zero-order valence-corrected chi connectivity index (χ0v) is 9.98. The van der Waals surface area contributed by atoms with Gasteiger partial charge in [-0.2, -0.15) is 0 Å². The summed E-state index contributed by atoms with van der Waals surface area (Å²) in [5.74, 6) is -1.23. The highest BCUT2D eigenvalue weighted by molar-refractivity contribution is 7.17. The summed E-state index contributed by atoms with van der Waals surface area (Å²) in [5.41, 5.74) is -0.0624. The number of benzene rings is 1. The normalized spacial score (nSPS) is 10.5. The van der Waals surface area contributed by atoms with Gasteiger partial charge in [-0.1, -0.05) is 13.0 Å². The largest absolute Gasteiger partial charge is 0.293 e. The molecule has 88 valence electrons. The molecule has 1 nitrogen and oxygen atoms in total. The highest BCUT2D eigenvalue weighted by Gasteiger charge is 2.14. The Kier molecular flexibility index (Phi) is 3.33. The first kappa shape index (κ1) is 11.9. The Morgan fingerprint density at radius 2 is 1.82 bits per heavy atom. The average Bonchev–Trinajstić information content (AvgIpc) is 2.77. The lowest BCUT2D eigenvalue weighted by Gasteiger charge is -2.01. The number of thiophene rings is 1. The van der Waals surface area contributed by atoms with Crippen LogP contribution in [0.15, 0.2) is 30.3 Å². The second-order valence-electron chi connectivity index (χ2n) is 3.54. The monoisotopic (exact) mass is 252 g/mol. The third-order valence-corrected chi connectivity index (χ3v) is 3.55. The fourth-order valence-corrected chi connectivity index (χ4v) is 2.59. The first-order chi connectivity index (χ1) is 8.13. The van der Waals surface area contributed by atoms with Crippen molar-refractivity contribution in [2.45, 2.75) is 13.3 Å². The summed E-state index contributed by atoms with van der Waals surface area (Å²) >= 11 is 1.12. The number of rotatable bonds is 3. The molecule has 2 rings (SSSR count). The number of hydrogen-bond acceptors (Lipinski definition) is 2. The van der Waals surface area contributed by atoms with Gasteiger partial charge < -0.3 is 0 Å². The van der Waals surface area contributed by atoms with Crippen molar-refractivity contribution in [2.75, 3.05) is 0 Å². The number of carbonyl (C=O) groups excluding carboxylic acids is 1. The number of halogens is 2. The van der Waals surface area contributed by atoms with Crippen LogP contribution in [0, 0.1) is 11.6 Å². The molecule has 0 aliphatic carbocycles. The summed E-state index contributed by atoms with van der Waals surface area (Å²) in [4.78, 5) is 12.4. The van der Waals surface area contributed by atoms with E-state index in [9.17, 15) is 13.6 Å². The molecule has 0 spiro atoms. The topological polar surface area (TPSA) is 17.1 Å². The Bertz CT molecular complexity index is 540. The van der Waals surface area contributed by atoms with Crippen LogP contribution in [0.3, 0.4) is 0 Å². The lowest BCUT2D eigenvalue weighted by molar-refractivity contribution is 0.0992. The molecule has 0 fully saturated rings. The minimum absolute atomic E-state index is 0.0157. The average molecular weight is 252 g/mol. The molecule has 0 saturated heterocycles. The van der Waals surface area contributed by atoms with Gasteiger partial charge in [0, 0.05) is 11.3 Å². The van der Waals surface area contributed by atoms with Crippen molar-refractivity contribution in [1.82, 2.24) is 0 Å². The van der Waals surface area contributed by atoms with E-state index in [4.69, 9.17) is 0 Å². The van der Waals surface area contributed by atoms with Crippen LogP contribution in [0.1, 0.15) is 23.0 Å². The summed E-state index contributed by atoms with van der Waals surface area (Å²) in [6.45, 7) is 1.76. The van der Waals surface area contributed by atoms with Gasteiger partial charge >= 0.3 is 0 Å². The van der Waals surface area contributed by atoms with Crippen LogP contribution in [0.25, 0.3) is 10.4 Å². The van der Waals surface area contributed by atoms with E-state index in [0.717, 1.165) is 11.3 Å². The molecule has 0 aliphatic rings. The first-order valence-corrected chi connectivity index (χ1v) is 6.02. The van der Waals surface area contributed by atoms with Crippen LogP contribution in [0.4, 0.5) is 8.78 Å². The molecule has 1 heterocycles. The van der Waals surface area contributed by atoms with E-state index >= 15 is 0 Å². The van der Waals surface area contributed by atoms with Gasteiger partial charge in [0.25, 0.3) is 0 Å². The SMILES string of the molecule is CCC(=O)c1ccc(-c2c(F)cccc2F)s1. The second kappa shape index (κ2) is 4.75. The predicted octanol–water partition coefficient (Wildman–Crippen LogP) is 4.29. The van der Waals surface area contributed by atoms with Crippen molar-refractivity contribution in [2.24, 2.45) is 0 Å². The zero-order valence-electron chi connectivity index (χ0n) is 9.17. The van der Waals surface area contributed by atoms with Crippen LogP contribution in [0.2, 0.25) is 0 Å². The predicted molar refractivity (Wildman–Crippen MR) is 64.3 cm³/mol. The zero-order chi connectivity index (χ0) is 12.4. The van der Waals surface area contributed by atoms with Crippen molar-refractivity contribution in [3.05, 3.63) is 46.8 Å². The molecule has 0 N–H and O–H groups in total. The fourth-order valence-electron chi connectivity index (χ4n) is 1.53. The molecule has 0 bridgehead atoms. The first-order valence-electron chi connectivity index (χ1n) is 5.21. The van der Waals surface area contributed by atoms with E-state index in [1.54, 1.807) is 19.1 Å². The lowest BCUT2D eigenvalue weighted by Crippen LogP contribution is -1.90. The molecule has 17 heavy (non-hydrogen) atoms. The van der Waals surface area contributed by atoms with E-state index in [0.29, 0.717) is 16.2 Å². The molecule has 1 aromatic carbocycles. The van der Waals surface area contributed by atoms with E-state index < -0.39 is 11.6 Å². The minimum Gasteiger partial charge on any atom is -0.293 e. The third kappa shape index (κ3) is 2.26. The maximum absolute atomic E-state index is 13.5. The summed E-state index contributed by atoms with van der Waals surface area (Å²) in [7, 11) is 0. The van der Waals surface area contributed by atoms with Crippen molar-refractivity contribution in [1.29, 1.82) is 0 Å². The Labute approximate surface area is 102 Å². The van der Waals surface area contributed by atoms with Crippen molar-refractivity contribution < 1.29 is 13.6 Å². The smallest absolute Gasteiger partial charge is 0.172 e. The molecule has 0 radical (unpaired) electrons. The van der Waals surface area contributed by atoms with Gasteiger partial charge in [0.2, 0.25) is 0 Å². The fraction of sp³-hybridized carbons (Fsp3) is 0.154. The van der Waals surface area contributed by atoms with Crippen molar-refractivity contribution >= 4 is 17.1 Å². The standard InChI is InChI=1S/C13H10F2OS/c1-2-10(16)11-6-7-12(17-11)13-8(14)4-3-5-9(13)15/h3-7H,2H2,1H3. The van der Waals surface area contributed by atoms with E-state index in [1.807, 2.05) is 0 Å². The van der Waals surface area contributed by atoms with Gasteiger partial charge in [-0.15, -0.1) is 11.3 Å². The van der Waals surface area contributed by atoms with Gasteiger partial charge in [0.15, 0.2) is 5.78 Å². The third-order valence-electron chi connectivity index (χ3n) is 2.41. The number of hydrogen-bond donors (Lipinski definition) is 0. The molecule has 4 heteroatoms. The van der Waals surface area contributed by atoms with Crippen LogP contribution in [0.5, 0.6) is 0 Å². The molecule has 2 aromatic rings. The Hall–Kier alpha value is -1.55. The molecule has 0 aliphatic heterocycles. The van der Waals surface area contributed by atoms with Crippen molar-refractivity contribution in [3.63, 3.8) is 0 Å². The molecule has 0 amide bonds. The lowest BCUT2D eigenvalue weighted by atomic mass is 10.1. The summed E-state index contributed by atoms with van der Waals surface area (Å²) in [6, 6.07) is 6.92. The van der Waals surface area contributed by atoms with Gasteiger partial charge in [-0.05, 0) is 24.3 Å². The number of carbonyl (C=O) groups is 1. The van der Waals surface area contributed by atoms with Crippen molar-refractivity contribution in [3.8, 4) is 10.4 Å². The molecular weight excluding hydrogens is 242 g/mol. The van der Waals surface area contributed by atoms with Crippen LogP contribution in [-0.2, 0) is 0 Å². The van der Waals surface area contributed by atoms with E-state index in [-0.39, 0.29) is 11.3 Å². The second-order valence-corrected chi connectivity index (χ2v) is 4.62. The highest BCUT2D eigenvalue weighted by atomic mass is 32.1. The summed E-state index contributed by atoms with van der Waals surface area (Å²) in [5, 5.41) is 0. The maximum atomic E-state index is 13.5. The number of ketones is 1. The van der Waals surface area contributed by atoms with Gasteiger partial charge in [0.1, 0.15) is 11.6 Å². The minimum atomic E-state index is -0.609.